The normalized spacial score (nSPS) is 11.2. The maximum atomic E-state index is 11.4. The van der Waals surface area contributed by atoms with Gasteiger partial charge in [-0.25, -0.2) is 28.4 Å². The lowest BCUT2D eigenvalue weighted by molar-refractivity contribution is 0.577. The molecule has 7 N–H and O–H groups in total. The third kappa shape index (κ3) is 10.1. The first kappa shape index (κ1) is 42.1. The van der Waals surface area contributed by atoms with E-state index in [2.05, 4.69) is 89.6 Å². The van der Waals surface area contributed by atoms with E-state index in [4.69, 9.17) is 26.0 Å². The summed E-state index contributed by atoms with van der Waals surface area (Å²) < 4.78 is 35.8. The summed E-state index contributed by atoms with van der Waals surface area (Å²) in [6, 6.07) is 26.8. The number of furan rings is 2. The van der Waals surface area contributed by atoms with Crippen LogP contribution >= 0.6 is 0 Å². The highest BCUT2D eigenvalue weighted by Crippen LogP contribution is 2.20. The number of fused-ring (bicyclic) bond motifs is 2. The Morgan fingerprint density at radius 2 is 1.06 bits per heavy atom. The van der Waals surface area contributed by atoms with Crippen LogP contribution in [0.4, 0.5) is 17.8 Å². The smallest absolute Gasteiger partial charge is 0.259 e. The summed E-state index contributed by atoms with van der Waals surface area (Å²) in [7, 11) is -3.57. The van der Waals surface area contributed by atoms with E-state index < -0.39 is 15.0 Å². The molecule has 0 unspecified atom stereocenters. The van der Waals surface area contributed by atoms with Gasteiger partial charge in [-0.2, -0.15) is 38.9 Å². The molecule has 0 bridgehead atoms. The molecule has 0 atom stereocenters. The standard InChI is InChI=1S/C20H17N9O.C12H13N3.C9H8N6O3S/c21-18-26-19(27-20-25-17(28-29(18)20)15-3-1-12-30-15)24-11-8-13-4-6-14(7-5-13)16-22-9-2-10-23-16;13-7-6-10-2-4-11(5-3-10)12-14-8-1-9-15-12;1-19(16,17)9-12-7(10)15-8(13-9)11-6(14-15)5-3-2-4-18-5/h1-7,9-10,12H,8,11H2,(H3,21,24,25,26,27,28);1-5,8-9H,6-7,13H2;2-4H,1H3,(H2,10,11,12,13,14). The first-order valence-electron chi connectivity index (χ1n) is 19.4. The quantitative estimate of drug-likeness (QED) is 0.143. The van der Waals surface area contributed by atoms with Crippen LogP contribution < -0.4 is 22.5 Å². The van der Waals surface area contributed by atoms with Crippen LogP contribution in [0, 0.1) is 0 Å². The highest BCUT2D eigenvalue weighted by Gasteiger charge is 2.19. The van der Waals surface area contributed by atoms with Crippen molar-refractivity contribution in [1.82, 2.24) is 69.1 Å². The molecule has 0 amide bonds. The zero-order chi connectivity index (χ0) is 44.5. The van der Waals surface area contributed by atoms with Crippen molar-refractivity contribution in [3.05, 3.63) is 133 Å². The molecule has 8 aromatic heterocycles. The van der Waals surface area contributed by atoms with Gasteiger partial charge in [0.1, 0.15) is 0 Å². The molecule has 0 spiro atoms. The highest BCUT2D eigenvalue weighted by molar-refractivity contribution is 7.90. The Bertz CT molecular complexity index is 3180. The lowest BCUT2D eigenvalue weighted by atomic mass is 10.1. The largest absolute Gasteiger partial charge is 0.461 e. The van der Waals surface area contributed by atoms with Crippen LogP contribution in [0.15, 0.2) is 136 Å². The Morgan fingerprint density at radius 3 is 1.53 bits per heavy atom. The van der Waals surface area contributed by atoms with Gasteiger partial charge in [0, 0.05) is 48.7 Å². The van der Waals surface area contributed by atoms with Crippen molar-refractivity contribution in [3.8, 4) is 45.9 Å². The molecular weight excluding hydrogens is 841 g/mol. The van der Waals surface area contributed by atoms with Crippen LogP contribution in [0.25, 0.3) is 57.5 Å². The van der Waals surface area contributed by atoms with Gasteiger partial charge in [0.05, 0.1) is 12.5 Å². The molecule has 0 aliphatic heterocycles. The van der Waals surface area contributed by atoms with Crippen LogP contribution in [0.3, 0.4) is 0 Å². The predicted molar refractivity (Wildman–Crippen MR) is 234 cm³/mol. The van der Waals surface area contributed by atoms with Gasteiger partial charge in [0.2, 0.25) is 39.3 Å². The fourth-order valence-corrected chi connectivity index (χ4v) is 6.39. The molecule has 0 saturated carbocycles. The number of nitrogens with two attached hydrogens (primary N) is 3. The van der Waals surface area contributed by atoms with Crippen molar-refractivity contribution in [2.24, 2.45) is 5.73 Å². The Hall–Kier alpha value is -8.57. The number of rotatable bonds is 11. The zero-order valence-corrected chi connectivity index (χ0v) is 34.7. The van der Waals surface area contributed by atoms with E-state index in [0.29, 0.717) is 48.0 Å². The van der Waals surface area contributed by atoms with Gasteiger partial charge in [-0.1, -0.05) is 48.5 Å². The molecule has 0 fully saturated rings. The van der Waals surface area contributed by atoms with Gasteiger partial charge in [-0.05, 0) is 66.9 Å². The van der Waals surface area contributed by atoms with Crippen molar-refractivity contribution in [3.63, 3.8) is 0 Å². The van der Waals surface area contributed by atoms with Crippen LogP contribution in [0.1, 0.15) is 11.1 Å². The van der Waals surface area contributed by atoms with Gasteiger partial charge < -0.3 is 31.4 Å². The van der Waals surface area contributed by atoms with Crippen molar-refractivity contribution in [1.29, 1.82) is 0 Å². The summed E-state index contributed by atoms with van der Waals surface area (Å²) in [5, 5.41) is 11.1. The van der Waals surface area contributed by atoms with Crippen molar-refractivity contribution in [2.75, 3.05) is 36.1 Å². The fourth-order valence-electron chi connectivity index (χ4n) is 5.88. The molecule has 23 heteroatoms. The van der Waals surface area contributed by atoms with Crippen LogP contribution in [0.5, 0.6) is 0 Å². The zero-order valence-electron chi connectivity index (χ0n) is 33.9. The minimum Gasteiger partial charge on any atom is -0.461 e. The van der Waals surface area contributed by atoms with Gasteiger partial charge in [-0.3, -0.25) is 0 Å². The summed E-state index contributed by atoms with van der Waals surface area (Å²) in [6.45, 7) is 1.32. The van der Waals surface area contributed by atoms with Crippen molar-refractivity contribution >= 4 is 39.2 Å². The summed E-state index contributed by atoms with van der Waals surface area (Å²) in [6.07, 6.45) is 12.7. The van der Waals surface area contributed by atoms with E-state index >= 15 is 0 Å². The maximum Gasteiger partial charge on any atom is 0.259 e. The molecule has 8 heterocycles. The number of hydrogen-bond acceptors (Lipinski definition) is 20. The molecule has 0 aliphatic rings. The number of anilines is 3. The third-order valence-electron chi connectivity index (χ3n) is 8.95. The number of benzene rings is 2. The number of nitrogens with zero attached hydrogens (tertiary/aromatic N) is 14. The lowest BCUT2D eigenvalue weighted by Crippen LogP contribution is -2.12. The van der Waals surface area contributed by atoms with Gasteiger partial charge in [0.25, 0.3) is 16.7 Å². The summed E-state index contributed by atoms with van der Waals surface area (Å²) >= 11 is 0. The Labute approximate surface area is 363 Å². The highest BCUT2D eigenvalue weighted by atomic mass is 32.2. The van der Waals surface area contributed by atoms with Gasteiger partial charge in [0.15, 0.2) is 23.2 Å². The Balaban J connectivity index is 0.000000141. The molecule has 10 aromatic rings. The number of nitrogen functional groups attached to an aromatic ring is 2. The van der Waals surface area contributed by atoms with Crippen LogP contribution in [-0.2, 0) is 22.7 Å². The molecule has 2 aromatic carbocycles. The molecule has 0 saturated heterocycles. The van der Waals surface area contributed by atoms with Crippen LogP contribution in [-0.4, -0.2) is 96.8 Å². The Kier molecular flexibility index (Phi) is 12.5. The second kappa shape index (κ2) is 19.0. The average Bonchev–Trinajstić information content (AvgIpc) is 4.16. The SMILES string of the molecule is CS(=O)(=O)c1nc(N)n2nc(-c3ccco3)nc2n1.NCCc1ccc(-c2ncccn2)cc1.Nc1nc(NCCc2ccc(-c3ncccn3)cc2)nc2nc(-c3ccco3)nn12. The number of hydrogen-bond donors (Lipinski definition) is 4. The molecule has 0 radical (unpaired) electrons. The predicted octanol–water partition coefficient (Wildman–Crippen LogP) is 3.88. The van der Waals surface area contributed by atoms with E-state index in [1.165, 1.54) is 21.9 Å². The summed E-state index contributed by atoms with van der Waals surface area (Å²) in [5.41, 5.74) is 21.6. The van der Waals surface area contributed by atoms with Crippen molar-refractivity contribution < 1.29 is 17.3 Å². The summed E-state index contributed by atoms with van der Waals surface area (Å²) in [5.74, 6) is 3.95. The van der Waals surface area contributed by atoms with E-state index in [1.807, 2.05) is 30.3 Å². The van der Waals surface area contributed by atoms with Crippen molar-refractivity contribution in [2.45, 2.75) is 18.0 Å². The fraction of sp³-hybridized carbons (Fsp3) is 0.122. The molecular formula is C41H38N18O4S. The second-order valence-electron chi connectivity index (χ2n) is 13.5. The van der Waals surface area contributed by atoms with E-state index in [9.17, 15) is 8.42 Å². The van der Waals surface area contributed by atoms with Gasteiger partial charge >= 0.3 is 0 Å². The molecule has 10 rings (SSSR count). The second-order valence-corrected chi connectivity index (χ2v) is 15.5. The topological polar surface area (TPSA) is 314 Å². The number of sulfone groups is 1. The monoisotopic (exact) mass is 878 g/mol. The minimum absolute atomic E-state index is 0.0410. The first-order valence-corrected chi connectivity index (χ1v) is 21.3. The third-order valence-corrected chi connectivity index (χ3v) is 9.79. The maximum absolute atomic E-state index is 11.4. The van der Waals surface area contributed by atoms with E-state index in [0.717, 1.165) is 40.6 Å². The molecule has 64 heavy (non-hydrogen) atoms. The van der Waals surface area contributed by atoms with Gasteiger partial charge in [-0.15, -0.1) is 10.2 Å². The van der Waals surface area contributed by atoms with E-state index in [-0.39, 0.29) is 23.5 Å². The van der Waals surface area contributed by atoms with Crippen LogP contribution in [0.2, 0.25) is 0 Å². The average molecular weight is 879 g/mol. The molecule has 322 valence electrons. The molecule has 0 aliphatic carbocycles. The molecule has 22 nitrogen and oxygen atoms in total. The minimum atomic E-state index is -3.57. The Morgan fingerprint density at radius 1 is 0.578 bits per heavy atom. The lowest BCUT2D eigenvalue weighted by Gasteiger charge is -2.06. The summed E-state index contributed by atoms with van der Waals surface area (Å²) in [4.78, 5) is 41.4. The first-order chi connectivity index (χ1) is 31.1. The number of aromatic nitrogens is 14. The van der Waals surface area contributed by atoms with E-state index in [1.54, 1.807) is 61.4 Å². The number of nitrogens with one attached hydrogen (secondary N) is 1.